The van der Waals surface area contributed by atoms with Crippen LogP contribution < -0.4 is 69.7 Å². The molecule has 176 valence electrons. The molecule has 15 heteroatoms. The predicted octanol–water partition coefficient (Wildman–Crippen LogP) is -3.24. The van der Waals surface area contributed by atoms with E-state index in [1.807, 2.05) is 0 Å². The molecule has 0 saturated heterocycles. The molecule has 0 radical (unpaired) electrons. The number of amides is 2. The first-order chi connectivity index (χ1) is 15.9. The van der Waals surface area contributed by atoms with Crippen molar-refractivity contribution in [3.8, 4) is 11.5 Å². The van der Waals surface area contributed by atoms with Gasteiger partial charge in [0.15, 0.2) is 0 Å². The maximum Gasteiger partial charge on any atom is 1.00 e. The van der Waals surface area contributed by atoms with Gasteiger partial charge in [0.25, 0.3) is 0 Å². The SMILES string of the molecule is O=C(Nc1ccc2c(O)c[c-]cc2c1)Nc1ccc2c(O)cc(S(=O)(=O)[O-])cc2c1.O=S(=O)=O.[Na+].[Na+]. The van der Waals surface area contributed by atoms with Gasteiger partial charge in [-0.1, -0.05) is 17.5 Å². The Morgan fingerprint density at radius 3 is 1.83 bits per heavy atom. The third-order valence-electron chi connectivity index (χ3n) is 4.50. The van der Waals surface area contributed by atoms with Gasteiger partial charge in [0.2, 0.25) is 0 Å². The van der Waals surface area contributed by atoms with E-state index in [2.05, 4.69) is 16.7 Å². The van der Waals surface area contributed by atoms with Crippen LogP contribution in [0.5, 0.6) is 11.5 Å². The maximum atomic E-state index is 12.3. The fourth-order valence-electron chi connectivity index (χ4n) is 3.12. The molecule has 0 atom stereocenters. The number of anilines is 2. The summed E-state index contributed by atoms with van der Waals surface area (Å²) in [5.74, 6) is -0.267. The molecular formula is C21H14N2Na2O9S2. The van der Waals surface area contributed by atoms with Crippen LogP contribution in [-0.4, -0.2) is 41.8 Å². The molecule has 4 aromatic carbocycles. The monoisotopic (exact) mass is 548 g/mol. The van der Waals surface area contributed by atoms with Crippen molar-refractivity contribution >= 4 is 59.7 Å². The van der Waals surface area contributed by atoms with Gasteiger partial charge in [-0.25, -0.2) is 13.2 Å². The van der Waals surface area contributed by atoms with Crippen molar-refractivity contribution < 1.29 is 99.7 Å². The number of benzene rings is 4. The Kier molecular flexibility index (Phi) is 11.8. The molecule has 0 fully saturated rings. The summed E-state index contributed by atoms with van der Waals surface area (Å²) in [5.41, 5.74) is 0.809. The van der Waals surface area contributed by atoms with E-state index in [9.17, 15) is 28.0 Å². The molecule has 4 aromatic rings. The number of nitrogens with one attached hydrogen (secondary N) is 2. The Bertz CT molecular complexity index is 1640. The third-order valence-corrected chi connectivity index (χ3v) is 5.31. The van der Waals surface area contributed by atoms with Gasteiger partial charge in [0.1, 0.15) is 15.9 Å². The van der Waals surface area contributed by atoms with Crippen molar-refractivity contribution in [3.05, 3.63) is 66.7 Å². The zero-order chi connectivity index (χ0) is 25.0. The number of hydrogen-bond donors (Lipinski definition) is 4. The van der Waals surface area contributed by atoms with Crippen LogP contribution in [0.25, 0.3) is 21.5 Å². The standard InChI is InChI=1S/C21H15N2O6S.2Na.O3S/c24-19-3-1-2-12-8-14(4-6-17(12)19)22-21(26)23-15-5-7-18-13(9-15)10-16(11-20(18)25)30(27,28)29;;;1-4(2)3/h2-11,24-25H,(H2,22,23,26)(H,27,28,29);;;/q-1;2*+1;/p-1. The maximum absolute atomic E-state index is 12.3. The van der Waals surface area contributed by atoms with Gasteiger partial charge in [0.05, 0.1) is 4.90 Å². The van der Waals surface area contributed by atoms with E-state index in [1.165, 1.54) is 24.3 Å². The molecule has 0 aliphatic rings. The summed E-state index contributed by atoms with van der Waals surface area (Å²) in [5, 5.41) is 27.0. The average molecular weight is 548 g/mol. The van der Waals surface area contributed by atoms with Crippen molar-refractivity contribution in [2.24, 2.45) is 0 Å². The number of urea groups is 1. The minimum atomic E-state index is -4.74. The van der Waals surface area contributed by atoms with E-state index in [-0.39, 0.29) is 76.0 Å². The van der Waals surface area contributed by atoms with Gasteiger partial charge in [-0.3, -0.25) is 0 Å². The quantitative estimate of drug-likeness (QED) is 0.116. The first-order valence-corrected chi connectivity index (χ1v) is 11.5. The Balaban J connectivity index is 0.00000101. The fraction of sp³-hybridized carbons (Fsp3) is 0. The van der Waals surface area contributed by atoms with Crippen molar-refractivity contribution in [1.82, 2.24) is 0 Å². The number of carbonyl (C=O) groups excluding carboxylic acids is 1. The second-order valence-corrected chi connectivity index (χ2v) is 8.55. The van der Waals surface area contributed by atoms with E-state index in [4.69, 9.17) is 12.6 Å². The van der Waals surface area contributed by atoms with Crippen molar-refractivity contribution in [1.29, 1.82) is 0 Å². The van der Waals surface area contributed by atoms with Gasteiger partial charge in [-0.05, 0) is 41.8 Å². The van der Waals surface area contributed by atoms with Crippen LogP contribution >= 0.6 is 0 Å². The van der Waals surface area contributed by atoms with Crippen LogP contribution in [0.2, 0.25) is 0 Å². The normalized spacial score (nSPS) is 10.2. The van der Waals surface area contributed by atoms with Gasteiger partial charge >= 0.3 is 75.8 Å². The van der Waals surface area contributed by atoms with Gasteiger partial charge in [0, 0.05) is 22.5 Å². The smallest absolute Gasteiger partial charge is 0.744 e. The van der Waals surface area contributed by atoms with E-state index in [0.29, 0.717) is 27.5 Å². The fourth-order valence-corrected chi connectivity index (χ4v) is 3.65. The second-order valence-electron chi connectivity index (χ2n) is 6.76. The molecule has 11 nitrogen and oxygen atoms in total. The summed E-state index contributed by atoms with van der Waals surface area (Å²) in [7, 11) is -7.86. The first kappa shape index (κ1) is 31.8. The van der Waals surface area contributed by atoms with Crippen LogP contribution in [-0.2, 0) is 20.7 Å². The van der Waals surface area contributed by atoms with Gasteiger partial charge in [-0.15, -0.1) is 24.1 Å². The molecule has 0 spiro atoms. The number of aromatic hydroxyl groups is 2. The van der Waals surface area contributed by atoms with E-state index < -0.39 is 31.7 Å². The summed E-state index contributed by atoms with van der Waals surface area (Å²) in [6.45, 7) is 0. The zero-order valence-electron chi connectivity index (χ0n) is 18.8. The predicted molar refractivity (Wildman–Crippen MR) is 120 cm³/mol. The summed E-state index contributed by atoms with van der Waals surface area (Å²) in [6, 6.07) is 16.8. The molecule has 4 rings (SSSR count). The third kappa shape index (κ3) is 8.44. The molecule has 0 bridgehead atoms. The van der Waals surface area contributed by atoms with Crippen LogP contribution in [0.4, 0.5) is 16.2 Å². The Morgan fingerprint density at radius 1 is 0.806 bits per heavy atom. The molecular weight excluding hydrogens is 534 g/mol. The largest absolute Gasteiger partial charge is 1.00 e. The van der Waals surface area contributed by atoms with Crippen LogP contribution in [0.15, 0.2) is 65.6 Å². The van der Waals surface area contributed by atoms with Gasteiger partial charge < -0.3 is 25.4 Å². The first-order valence-electron chi connectivity index (χ1n) is 9.14. The molecule has 0 aliphatic heterocycles. The summed E-state index contributed by atoms with van der Waals surface area (Å²) >= 11 is 0. The number of fused-ring (bicyclic) bond motifs is 2. The van der Waals surface area contributed by atoms with Crippen molar-refractivity contribution in [2.45, 2.75) is 4.90 Å². The number of carbonyl (C=O) groups is 1. The van der Waals surface area contributed by atoms with Crippen molar-refractivity contribution in [3.63, 3.8) is 0 Å². The Hall–Kier alpha value is -2.20. The van der Waals surface area contributed by atoms with Crippen LogP contribution in [0.1, 0.15) is 0 Å². The molecule has 4 N–H and O–H groups in total. The van der Waals surface area contributed by atoms with Gasteiger partial charge in [-0.2, -0.15) is 12.1 Å². The molecule has 0 aliphatic carbocycles. The Labute approximate surface area is 250 Å². The summed E-state index contributed by atoms with van der Waals surface area (Å²) in [6.07, 6.45) is 0. The molecule has 2 amide bonds. The summed E-state index contributed by atoms with van der Waals surface area (Å²) in [4.78, 5) is 11.8. The molecule has 0 aromatic heterocycles. The van der Waals surface area contributed by atoms with E-state index >= 15 is 0 Å². The molecule has 36 heavy (non-hydrogen) atoms. The molecule has 0 unspecified atom stereocenters. The van der Waals surface area contributed by atoms with Crippen LogP contribution in [0, 0.1) is 6.07 Å². The number of phenols is 2. The zero-order valence-corrected chi connectivity index (χ0v) is 24.5. The van der Waals surface area contributed by atoms with E-state index in [1.54, 1.807) is 24.3 Å². The average Bonchev–Trinajstić information content (AvgIpc) is 2.72. The number of rotatable bonds is 3. The molecule has 0 saturated carbocycles. The minimum Gasteiger partial charge on any atom is -0.744 e. The number of hydrogen-bond acceptors (Lipinski definition) is 9. The summed E-state index contributed by atoms with van der Waals surface area (Å²) < 4.78 is 59.1. The number of phenolic OH excluding ortho intramolecular Hbond substituents is 2. The Morgan fingerprint density at radius 2 is 1.31 bits per heavy atom. The van der Waals surface area contributed by atoms with E-state index in [0.717, 1.165) is 12.1 Å². The second kappa shape index (κ2) is 13.4. The topological polar surface area (TPSA) is 190 Å². The minimum absolute atomic E-state index is 0. The molecule has 0 heterocycles. The van der Waals surface area contributed by atoms with Crippen molar-refractivity contribution in [2.75, 3.05) is 10.6 Å². The van der Waals surface area contributed by atoms with Crippen LogP contribution in [0.3, 0.4) is 0 Å².